The fourth-order valence-corrected chi connectivity index (χ4v) is 1.39. The van der Waals surface area contributed by atoms with E-state index in [-0.39, 0.29) is 5.91 Å². The molecular formula is C7H9N3OS. The molecule has 0 saturated carbocycles. The van der Waals surface area contributed by atoms with Gasteiger partial charge < -0.3 is 5.32 Å². The topological polar surface area (TPSA) is 54.4 Å². The maximum absolute atomic E-state index is 10.6. The van der Waals surface area contributed by atoms with Crippen LogP contribution in [0.1, 0.15) is 12.6 Å². The average molecular weight is 183 g/mol. The number of rotatable bonds is 2. The summed E-state index contributed by atoms with van der Waals surface area (Å²) in [5.41, 5.74) is 0.770. The van der Waals surface area contributed by atoms with Crippen LogP contribution in [-0.4, -0.2) is 24.2 Å². The van der Waals surface area contributed by atoms with E-state index in [1.165, 1.54) is 18.3 Å². The van der Waals surface area contributed by atoms with Crippen LogP contribution >= 0.6 is 11.3 Å². The lowest BCUT2D eigenvalue weighted by Crippen LogP contribution is -2.05. The zero-order valence-corrected chi connectivity index (χ0v) is 7.68. The van der Waals surface area contributed by atoms with Crippen molar-refractivity contribution < 1.29 is 4.79 Å². The van der Waals surface area contributed by atoms with Gasteiger partial charge in [0, 0.05) is 25.6 Å². The van der Waals surface area contributed by atoms with Crippen molar-refractivity contribution in [2.24, 2.45) is 4.99 Å². The summed E-state index contributed by atoms with van der Waals surface area (Å²) in [6, 6.07) is 0. The Balaban J connectivity index is 2.70. The van der Waals surface area contributed by atoms with Gasteiger partial charge in [0.15, 0.2) is 5.13 Å². The molecule has 0 aliphatic rings. The Morgan fingerprint density at radius 1 is 1.83 bits per heavy atom. The number of anilines is 1. The highest BCUT2D eigenvalue weighted by Crippen LogP contribution is 2.13. The van der Waals surface area contributed by atoms with Crippen LogP contribution in [0.3, 0.4) is 0 Å². The molecule has 0 spiro atoms. The fourth-order valence-electron chi connectivity index (χ4n) is 0.686. The summed E-state index contributed by atoms with van der Waals surface area (Å²) in [7, 11) is 1.68. The molecule has 5 heteroatoms. The van der Waals surface area contributed by atoms with Gasteiger partial charge >= 0.3 is 0 Å². The summed E-state index contributed by atoms with van der Waals surface area (Å²) in [5, 5.41) is 5.03. The summed E-state index contributed by atoms with van der Waals surface area (Å²) in [4.78, 5) is 18.5. The number of amides is 1. The van der Waals surface area contributed by atoms with Gasteiger partial charge in [0.1, 0.15) is 0 Å². The Labute approximate surface area is 74.4 Å². The number of aliphatic imine (C=N–C) groups is 1. The van der Waals surface area contributed by atoms with Gasteiger partial charge in [-0.3, -0.25) is 9.79 Å². The molecule has 0 unspecified atom stereocenters. The van der Waals surface area contributed by atoms with Crippen molar-refractivity contribution in [3.63, 3.8) is 0 Å². The highest BCUT2D eigenvalue weighted by atomic mass is 32.1. The first-order chi connectivity index (χ1) is 5.72. The third kappa shape index (κ3) is 2.43. The monoisotopic (exact) mass is 183 g/mol. The molecule has 64 valence electrons. The Hall–Kier alpha value is -1.23. The van der Waals surface area contributed by atoms with E-state index < -0.39 is 0 Å². The molecule has 1 heterocycles. The predicted octanol–water partition coefficient (Wildman–Crippen LogP) is 1.15. The molecule has 0 aliphatic heterocycles. The summed E-state index contributed by atoms with van der Waals surface area (Å²) in [6.07, 6.45) is 1.64. The van der Waals surface area contributed by atoms with Gasteiger partial charge in [-0.15, -0.1) is 11.3 Å². The molecule has 12 heavy (non-hydrogen) atoms. The molecule has 1 aromatic rings. The SMILES string of the molecule is CN=Cc1csc(NC(C)=O)n1. The van der Waals surface area contributed by atoms with Crippen LogP contribution in [0.4, 0.5) is 5.13 Å². The van der Waals surface area contributed by atoms with Crippen LogP contribution in [0.15, 0.2) is 10.4 Å². The zero-order valence-electron chi connectivity index (χ0n) is 6.87. The Bertz CT molecular complexity index is 305. The van der Waals surface area contributed by atoms with E-state index in [0.29, 0.717) is 5.13 Å². The number of thiazole rings is 1. The van der Waals surface area contributed by atoms with Gasteiger partial charge in [0.25, 0.3) is 0 Å². The molecule has 0 saturated heterocycles. The van der Waals surface area contributed by atoms with Gasteiger partial charge in [-0.05, 0) is 0 Å². The molecule has 1 amide bonds. The maximum atomic E-state index is 10.6. The van der Waals surface area contributed by atoms with Crippen LogP contribution in [0.5, 0.6) is 0 Å². The van der Waals surface area contributed by atoms with Gasteiger partial charge in [0.05, 0.1) is 5.69 Å². The lowest BCUT2D eigenvalue weighted by molar-refractivity contribution is -0.114. The second-order valence-electron chi connectivity index (χ2n) is 2.15. The first kappa shape index (κ1) is 8.86. The summed E-state index contributed by atoms with van der Waals surface area (Å²) >= 11 is 1.38. The average Bonchev–Trinajstić information content (AvgIpc) is 2.36. The number of hydrogen-bond donors (Lipinski definition) is 1. The highest BCUT2D eigenvalue weighted by Gasteiger charge is 1.99. The lowest BCUT2D eigenvalue weighted by Gasteiger charge is -1.91. The van der Waals surface area contributed by atoms with Crippen molar-refractivity contribution >= 4 is 28.6 Å². The van der Waals surface area contributed by atoms with Crippen molar-refractivity contribution in [3.8, 4) is 0 Å². The van der Waals surface area contributed by atoms with Crippen molar-refractivity contribution in [3.05, 3.63) is 11.1 Å². The highest BCUT2D eigenvalue weighted by molar-refractivity contribution is 7.14. The van der Waals surface area contributed by atoms with Gasteiger partial charge in [0.2, 0.25) is 5.91 Å². The van der Waals surface area contributed by atoms with E-state index in [0.717, 1.165) is 5.69 Å². The molecule has 0 aromatic carbocycles. The van der Waals surface area contributed by atoms with Crippen molar-refractivity contribution in [2.45, 2.75) is 6.92 Å². The number of hydrogen-bond acceptors (Lipinski definition) is 4. The summed E-state index contributed by atoms with van der Waals surface area (Å²) in [5.74, 6) is -0.107. The molecule has 0 aliphatic carbocycles. The van der Waals surface area contributed by atoms with E-state index in [1.807, 2.05) is 5.38 Å². The number of nitrogens with zero attached hydrogens (tertiary/aromatic N) is 2. The van der Waals surface area contributed by atoms with Crippen molar-refractivity contribution in [1.29, 1.82) is 0 Å². The molecule has 0 bridgehead atoms. The third-order valence-electron chi connectivity index (χ3n) is 1.07. The van der Waals surface area contributed by atoms with Gasteiger partial charge in [-0.1, -0.05) is 0 Å². The van der Waals surface area contributed by atoms with Gasteiger partial charge in [-0.25, -0.2) is 4.98 Å². The normalized spacial score (nSPS) is 10.5. The molecule has 1 rings (SSSR count). The standard InChI is InChI=1S/C7H9N3OS/c1-5(11)9-7-10-6(3-8-2)4-12-7/h3-4H,1-2H3,(H,9,10,11). The minimum absolute atomic E-state index is 0.107. The molecule has 0 fully saturated rings. The molecular weight excluding hydrogens is 174 g/mol. The smallest absolute Gasteiger partial charge is 0.223 e. The van der Waals surface area contributed by atoms with Crippen LogP contribution in [-0.2, 0) is 4.79 Å². The number of nitrogens with one attached hydrogen (secondary N) is 1. The van der Waals surface area contributed by atoms with E-state index in [1.54, 1.807) is 13.3 Å². The third-order valence-corrected chi connectivity index (χ3v) is 1.84. The lowest BCUT2D eigenvalue weighted by atomic mass is 10.5. The molecule has 4 nitrogen and oxygen atoms in total. The zero-order chi connectivity index (χ0) is 8.97. The molecule has 0 atom stereocenters. The predicted molar refractivity (Wildman–Crippen MR) is 49.9 cm³/mol. The second kappa shape index (κ2) is 3.96. The summed E-state index contributed by atoms with van der Waals surface area (Å²) < 4.78 is 0. The van der Waals surface area contributed by atoms with Gasteiger partial charge in [-0.2, -0.15) is 0 Å². The quantitative estimate of drug-likeness (QED) is 0.699. The van der Waals surface area contributed by atoms with Crippen LogP contribution < -0.4 is 5.32 Å². The molecule has 1 aromatic heterocycles. The van der Waals surface area contributed by atoms with Crippen LogP contribution in [0, 0.1) is 0 Å². The van der Waals surface area contributed by atoms with Crippen molar-refractivity contribution in [1.82, 2.24) is 4.98 Å². The second-order valence-corrected chi connectivity index (χ2v) is 3.00. The van der Waals surface area contributed by atoms with Crippen LogP contribution in [0.25, 0.3) is 0 Å². The van der Waals surface area contributed by atoms with E-state index in [4.69, 9.17) is 0 Å². The number of carbonyl (C=O) groups excluding carboxylic acids is 1. The number of carbonyl (C=O) groups is 1. The Kier molecular flexibility index (Phi) is 2.93. The Morgan fingerprint density at radius 2 is 2.58 bits per heavy atom. The van der Waals surface area contributed by atoms with E-state index in [9.17, 15) is 4.79 Å². The number of aromatic nitrogens is 1. The minimum Gasteiger partial charge on any atom is -0.302 e. The first-order valence-corrected chi connectivity index (χ1v) is 4.25. The van der Waals surface area contributed by atoms with Crippen molar-refractivity contribution in [2.75, 3.05) is 12.4 Å². The first-order valence-electron chi connectivity index (χ1n) is 3.37. The van der Waals surface area contributed by atoms with E-state index >= 15 is 0 Å². The maximum Gasteiger partial charge on any atom is 0.223 e. The molecule has 0 radical (unpaired) electrons. The fraction of sp³-hybridized carbons (Fsp3) is 0.286. The minimum atomic E-state index is -0.107. The van der Waals surface area contributed by atoms with Crippen LogP contribution in [0.2, 0.25) is 0 Å². The molecule has 1 N–H and O–H groups in total. The largest absolute Gasteiger partial charge is 0.302 e. The Morgan fingerprint density at radius 3 is 3.17 bits per heavy atom. The summed E-state index contributed by atoms with van der Waals surface area (Å²) in [6.45, 7) is 1.45. The van der Waals surface area contributed by atoms with E-state index in [2.05, 4.69) is 15.3 Å².